The molecule has 7 heteroatoms. The molecule has 0 heterocycles. The van der Waals surface area contributed by atoms with Crippen molar-refractivity contribution >= 4 is 18.0 Å². The van der Waals surface area contributed by atoms with Crippen molar-refractivity contribution in [2.75, 3.05) is 6.61 Å². The number of carbonyl (C=O) groups is 3. The zero-order valence-electron chi connectivity index (χ0n) is 20.0. The van der Waals surface area contributed by atoms with Gasteiger partial charge in [-0.2, -0.15) is 0 Å². The maximum absolute atomic E-state index is 12.5. The van der Waals surface area contributed by atoms with Gasteiger partial charge in [-0.05, 0) is 60.8 Å². The molecule has 0 spiro atoms. The molecule has 2 aromatic rings. The largest absolute Gasteiger partial charge is 0.481 e. The fourth-order valence-electron chi connectivity index (χ4n) is 6.00. The number of carbonyl (C=O) groups excluding carboxylic acids is 2. The summed E-state index contributed by atoms with van der Waals surface area (Å²) >= 11 is 0. The number of nitrogens with one attached hydrogen (secondary N) is 2. The Bertz CT molecular complexity index is 1100. The number of hydrogen-bond acceptors (Lipinski definition) is 4. The Kier molecular flexibility index (Phi) is 6.26. The minimum absolute atomic E-state index is 0.000725. The Morgan fingerprint density at radius 3 is 2.26 bits per heavy atom. The molecule has 3 N–H and O–H groups in total. The topological polar surface area (TPSA) is 105 Å². The van der Waals surface area contributed by atoms with E-state index in [-0.39, 0.29) is 36.4 Å². The number of carboxylic acids is 1. The van der Waals surface area contributed by atoms with Gasteiger partial charge in [0.2, 0.25) is 5.91 Å². The zero-order valence-corrected chi connectivity index (χ0v) is 20.0. The summed E-state index contributed by atoms with van der Waals surface area (Å²) in [7, 11) is 0. The lowest BCUT2D eigenvalue weighted by molar-refractivity contribution is -0.149. The Morgan fingerprint density at radius 1 is 1.00 bits per heavy atom. The quantitative estimate of drug-likeness (QED) is 0.548. The van der Waals surface area contributed by atoms with Crippen LogP contribution in [0, 0.1) is 11.3 Å². The maximum Gasteiger partial charge on any atom is 0.407 e. The average molecular weight is 477 g/mol. The first-order chi connectivity index (χ1) is 16.8. The summed E-state index contributed by atoms with van der Waals surface area (Å²) in [5.74, 6) is -0.741. The number of alkyl carbamates (subject to hydrolysis) is 1. The Labute approximate surface area is 205 Å². The van der Waals surface area contributed by atoms with Crippen LogP contribution >= 0.6 is 0 Å². The molecule has 2 amide bonds. The van der Waals surface area contributed by atoms with E-state index in [1.54, 1.807) is 6.92 Å². The molecule has 35 heavy (non-hydrogen) atoms. The highest BCUT2D eigenvalue weighted by Gasteiger charge is 2.46. The molecule has 0 aromatic heterocycles. The highest BCUT2D eigenvalue weighted by Crippen LogP contribution is 2.44. The van der Waals surface area contributed by atoms with Crippen LogP contribution in [0.25, 0.3) is 11.1 Å². The Morgan fingerprint density at radius 2 is 1.63 bits per heavy atom. The van der Waals surface area contributed by atoms with E-state index >= 15 is 0 Å². The smallest absolute Gasteiger partial charge is 0.407 e. The molecule has 0 radical (unpaired) electrons. The van der Waals surface area contributed by atoms with Crippen LogP contribution in [-0.4, -0.2) is 41.8 Å². The van der Waals surface area contributed by atoms with Crippen molar-refractivity contribution in [1.82, 2.24) is 10.6 Å². The third kappa shape index (κ3) is 4.51. The normalized spacial score (nSPS) is 26.8. The van der Waals surface area contributed by atoms with E-state index in [1.165, 1.54) is 22.3 Å². The van der Waals surface area contributed by atoms with Gasteiger partial charge in [0.25, 0.3) is 0 Å². The average Bonchev–Trinajstić information content (AvgIpc) is 3.35. The van der Waals surface area contributed by atoms with E-state index in [0.29, 0.717) is 19.3 Å². The molecule has 2 atom stereocenters. The number of ether oxygens (including phenoxy) is 1. The van der Waals surface area contributed by atoms with Crippen molar-refractivity contribution in [1.29, 1.82) is 0 Å². The molecule has 5 rings (SSSR count). The second-order valence-electron chi connectivity index (χ2n) is 10.4. The van der Waals surface area contributed by atoms with Gasteiger partial charge in [-0.3, -0.25) is 9.59 Å². The van der Waals surface area contributed by atoms with Gasteiger partial charge in [0.1, 0.15) is 6.61 Å². The Balaban J connectivity index is 1.06. The van der Waals surface area contributed by atoms with E-state index in [1.807, 2.05) is 24.3 Å². The molecule has 0 saturated heterocycles. The van der Waals surface area contributed by atoms with Gasteiger partial charge < -0.3 is 20.5 Å². The van der Waals surface area contributed by atoms with Crippen LogP contribution in [0.3, 0.4) is 0 Å². The fraction of sp³-hybridized carbons (Fsp3) is 0.464. The van der Waals surface area contributed by atoms with E-state index in [9.17, 15) is 19.5 Å². The molecule has 184 valence electrons. The molecule has 2 saturated carbocycles. The standard InChI is InChI=1S/C28H32N2O5/c1-28(26(32)33)12-6-11-24(28)30-25(31)15-17-13-18(14-17)29-27(34)35-16-23-21-9-4-2-7-19(21)20-8-3-5-10-22(20)23/h2-5,7-10,17-18,23-24H,6,11-16H2,1H3,(H,29,34)(H,30,31)(H,32,33). The summed E-state index contributed by atoms with van der Waals surface area (Å²) in [4.78, 5) is 36.5. The van der Waals surface area contributed by atoms with Crippen LogP contribution in [0.5, 0.6) is 0 Å². The van der Waals surface area contributed by atoms with Crippen molar-refractivity contribution in [3.05, 3.63) is 59.7 Å². The second kappa shape index (κ2) is 9.36. The van der Waals surface area contributed by atoms with Gasteiger partial charge in [0.15, 0.2) is 0 Å². The molecular weight excluding hydrogens is 444 g/mol. The first-order valence-corrected chi connectivity index (χ1v) is 12.5. The summed E-state index contributed by atoms with van der Waals surface area (Å²) in [6.07, 6.45) is 3.46. The first kappa shape index (κ1) is 23.4. The van der Waals surface area contributed by atoms with Crippen LogP contribution < -0.4 is 10.6 Å². The number of rotatable bonds is 7. The van der Waals surface area contributed by atoms with Crippen molar-refractivity contribution in [2.45, 2.75) is 63.5 Å². The summed E-state index contributed by atoms with van der Waals surface area (Å²) in [5, 5.41) is 15.4. The maximum atomic E-state index is 12.5. The van der Waals surface area contributed by atoms with Gasteiger partial charge in [-0.15, -0.1) is 0 Å². The first-order valence-electron chi connectivity index (χ1n) is 12.5. The van der Waals surface area contributed by atoms with Crippen LogP contribution in [-0.2, 0) is 14.3 Å². The zero-order chi connectivity index (χ0) is 24.6. The SMILES string of the molecule is CC1(C(=O)O)CCCC1NC(=O)CC1CC(NC(=O)OCC2c3ccccc3-c3ccccc32)C1. The van der Waals surface area contributed by atoms with Crippen LogP contribution in [0.4, 0.5) is 4.79 Å². The molecule has 2 aromatic carbocycles. The predicted octanol–water partition coefficient (Wildman–Crippen LogP) is 4.45. The van der Waals surface area contributed by atoms with Gasteiger partial charge in [0, 0.05) is 24.4 Å². The third-order valence-corrected chi connectivity index (χ3v) is 8.16. The fourth-order valence-corrected chi connectivity index (χ4v) is 6.00. The Hall–Kier alpha value is -3.35. The molecule has 2 unspecified atom stereocenters. The number of fused-ring (bicyclic) bond motifs is 3. The number of amides is 2. The highest BCUT2D eigenvalue weighted by atomic mass is 16.5. The molecular formula is C28H32N2O5. The van der Waals surface area contributed by atoms with E-state index in [4.69, 9.17) is 4.74 Å². The third-order valence-electron chi connectivity index (χ3n) is 8.16. The number of benzene rings is 2. The molecule has 2 fully saturated rings. The number of aliphatic carboxylic acids is 1. The minimum Gasteiger partial charge on any atom is -0.481 e. The molecule has 0 aliphatic heterocycles. The highest BCUT2D eigenvalue weighted by molar-refractivity contribution is 5.81. The summed E-state index contributed by atoms with van der Waals surface area (Å²) in [5.41, 5.74) is 3.86. The molecule has 7 nitrogen and oxygen atoms in total. The van der Waals surface area contributed by atoms with Crippen molar-refractivity contribution in [3.8, 4) is 11.1 Å². The lowest BCUT2D eigenvalue weighted by atomic mass is 9.78. The van der Waals surface area contributed by atoms with Crippen molar-refractivity contribution in [2.24, 2.45) is 11.3 Å². The van der Waals surface area contributed by atoms with Gasteiger partial charge in [0.05, 0.1) is 5.41 Å². The lowest BCUT2D eigenvalue weighted by Crippen LogP contribution is -2.49. The van der Waals surface area contributed by atoms with Gasteiger partial charge in [-0.25, -0.2) is 4.79 Å². The minimum atomic E-state index is -0.885. The number of carboxylic acid groups (broad SMARTS) is 1. The summed E-state index contributed by atoms with van der Waals surface area (Å²) in [6.45, 7) is 1.99. The lowest BCUT2D eigenvalue weighted by Gasteiger charge is -2.36. The van der Waals surface area contributed by atoms with E-state index in [2.05, 4.69) is 34.9 Å². The van der Waals surface area contributed by atoms with Crippen LogP contribution in [0.15, 0.2) is 48.5 Å². The second-order valence-corrected chi connectivity index (χ2v) is 10.4. The number of hydrogen-bond donors (Lipinski definition) is 3. The predicted molar refractivity (Wildman–Crippen MR) is 131 cm³/mol. The molecule has 3 aliphatic carbocycles. The molecule has 3 aliphatic rings. The summed E-state index contributed by atoms with van der Waals surface area (Å²) < 4.78 is 5.61. The van der Waals surface area contributed by atoms with Crippen LogP contribution in [0.1, 0.15) is 62.5 Å². The van der Waals surface area contributed by atoms with E-state index in [0.717, 1.165) is 19.3 Å². The van der Waals surface area contributed by atoms with E-state index < -0.39 is 17.5 Å². The van der Waals surface area contributed by atoms with Crippen LogP contribution in [0.2, 0.25) is 0 Å². The molecule has 0 bridgehead atoms. The van der Waals surface area contributed by atoms with Gasteiger partial charge >= 0.3 is 12.1 Å². The van der Waals surface area contributed by atoms with Crippen molar-refractivity contribution in [3.63, 3.8) is 0 Å². The van der Waals surface area contributed by atoms with Gasteiger partial charge in [-0.1, -0.05) is 55.0 Å². The summed E-state index contributed by atoms with van der Waals surface area (Å²) in [6, 6.07) is 16.1. The van der Waals surface area contributed by atoms with Crippen molar-refractivity contribution < 1.29 is 24.2 Å². The monoisotopic (exact) mass is 476 g/mol.